The van der Waals surface area contributed by atoms with Crippen LogP contribution in [0.2, 0.25) is 0 Å². The average molecular weight is 253 g/mol. The number of hydrogen-bond acceptors (Lipinski definition) is 3. The van der Waals surface area contributed by atoms with Crippen molar-refractivity contribution in [2.75, 3.05) is 12.8 Å². The first-order chi connectivity index (χ1) is 8.69. The summed E-state index contributed by atoms with van der Waals surface area (Å²) >= 11 is 0. The quantitative estimate of drug-likeness (QED) is 0.839. The Labute approximate surface area is 107 Å². The third kappa shape index (κ3) is 3.43. The summed E-state index contributed by atoms with van der Waals surface area (Å²) in [5, 5.41) is 0. The maximum Gasteiger partial charge on any atom is 0.123 e. The molecule has 1 saturated carbocycles. The van der Waals surface area contributed by atoms with E-state index in [1.807, 2.05) is 0 Å². The van der Waals surface area contributed by atoms with Crippen molar-refractivity contribution in [3.05, 3.63) is 29.6 Å². The zero-order valence-electron chi connectivity index (χ0n) is 10.7. The van der Waals surface area contributed by atoms with Crippen LogP contribution in [-0.2, 0) is 16.1 Å². The fourth-order valence-electron chi connectivity index (χ4n) is 2.37. The summed E-state index contributed by atoms with van der Waals surface area (Å²) in [6.45, 7) is 0.366. The molecule has 3 nitrogen and oxygen atoms in total. The highest BCUT2D eigenvalue weighted by Gasteiger charge is 2.22. The lowest BCUT2D eigenvalue weighted by molar-refractivity contribution is -0.0362. The molecule has 1 aromatic carbocycles. The molecule has 0 aliphatic heterocycles. The predicted octanol–water partition coefficient (Wildman–Crippen LogP) is 2.88. The van der Waals surface area contributed by atoms with Crippen LogP contribution in [0.3, 0.4) is 0 Å². The predicted molar refractivity (Wildman–Crippen MR) is 68.7 cm³/mol. The van der Waals surface area contributed by atoms with Crippen LogP contribution in [-0.4, -0.2) is 19.3 Å². The van der Waals surface area contributed by atoms with Gasteiger partial charge < -0.3 is 15.2 Å². The van der Waals surface area contributed by atoms with Gasteiger partial charge in [-0.1, -0.05) is 0 Å². The lowest BCUT2D eigenvalue weighted by Crippen LogP contribution is -2.27. The van der Waals surface area contributed by atoms with Crippen molar-refractivity contribution >= 4 is 5.69 Å². The third-order valence-electron chi connectivity index (χ3n) is 3.49. The second kappa shape index (κ2) is 6.16. The van der Waals surface area contributed by atoms with Crippen LogP contribution in [0.5, 0.6) is 0 Å². The Morgan fingerprint density at radius 3 is 2.89 bits per heavy atom. The summed E-state index contributed by atoms with van der Waals surface area (Å²) in [5.41, 5.74) is 7.08. The summed E-state index contributed by atoms with van der Waals surface area (Å²) < 4.78 is 24.3. The molecule has 4 heteroatoms. The second-order valence-electron chi connectivity index (χ2n) is 4.80. The molecule has 0 bridgehead atoms. The van der Waals surface area contributed by atoms with Crippen molar-refractivity contribution in [3.8, 4) is 0 Å². The van der Waals surface area contributed by atoms with Gasteiger partial charge in [0.15, 0.2) is 0 Å². The smallest absolute Gasteiger partial charge is 0.123 e. The summed E-state index contributed by atoms with van der Waals surface area (Å²) in [7, 11) is 1.73. The number of nitrogen functional groups attached to an aromatic ring is 1. The van der Waals surface area contributed by atoms with Gasteiger partial charge in [0.25, 0.3) is 0 Å². The molecule has 1 aromatic rings. The van der Waals surface area contributed by atoms with Crippen molar-refractivity contribution in [1.82, 2.24) is 0 Å². The number of rotatable bonds is 4. The second-order valence-corrected chi connectivity index (χ2v) is 4.80. The summed E-state index contributed by atoms with van der Waals surface area (Å²) in [6.07, 6.45) is 4.63. The molecule has 0 radical (unpaired) electrons. The van der Waals surface area contributed by atoms with Gasteiger partial charge in [0.1, 0.15) is 5.82 Å². The van der Waals surface area contributed by atoms with E-state index in [0.717, 1.165) is 31.2 Å². The molecule has 18 heavy (non-hydrogen) atoms. The van der Waals surface area contributed by atoms with Gasteiger partial charge in [-0.15, -0.1) is 0 Å². The van der Waals surface area contributed by atoms with Crippen LogP contribution in [0.4, 0.5) is 10.1 Å². The molecule has 1 aliphatic rings. The molecule has 100 valence electrons. The van der Waals surface area contributed by atoms with Crippen LogP contribution in [0.1, 0.15) is 31.2 Å². The number of ether oxygens (including phenoxy) is 2. The van der Waals surface area contributed by atoms with E-state index in [1.165, 1.54) is 12.1 Å². The molecule has 1 aliphatic carbocycles. The zero-order chi connectivity index (χ0) is 13.0. The van der Waals surface area contributed by atoms with Gasteiger partial charge in [0, 0.05) is 18.4 Å². The Balaban J connectivity index is 1.89. The molecule has 2 atom stereocenters. The Bertz CT molecular complexity index is 397. The minimum Gasteiger partial charge on any atom is -0.398 e. The Kier molecular flexibility index (Phi) is 4.55. The van der Waals surface area contributed by atoms with Crippen molar-refractivity contribution < 1.29 is 13.9 Å². The highest BCUT2D eigenvalue weighted by atomic mass is 19.1. The number of benzene rings is 1. The Morgan fingerprint density at radius 1 is 1.33 bits per heavy atom. The number of methoxy groups -OCH3 is 1. The highest BCUT2D eigenvalue weighted by Crippen LogP contribution is 2.24. The highest BCUT2D eigenvalue weighted by molar-refractivity contribution is 5.46. The molecule has 0 heterocycles. The van der Waals surface area contributed by atoms with Gasteiger partial charge in [-0.3, -0.25) is 0 Å². The monoisotopic (exact) mass is 253 g/mol. The van der Waals surface area contributed by atoms with E-state index in [9.17, 15) is 4.39 Å². The lowest BCUT2D eigenvalue weighted by atomic mass is 9.95. The van der Waals surface area contributed by atoms with E-state index in [2.05, 4.69) is 0 Å². The van der Waals surface area contributed by atoms with Crippen LogP contribution in [0.25, 0.3) is 0 Å². The summed E-state index contributed by atoms with van der Waals surface area (Å²) in [6, 6.07) is 4.37. The van der Waals surface area contributed by atoms with Gasteiger partial charge in [0.2, 0.25) is 0 Å². The van der Waals surface area contributed by atoms with Crippen molar-refractivity contribution in [2.45, 2.75) is 44.5 Å². The normalized spacial score (nSPS) is 24.1. The number of anilines is 1. The summed E-state index contributed by atoms with van der Waals surface area (Å²) in [4.78, 5) is 0. The molecule has 2 unspecified atom stereocenters. The van der Waals surface area contributed by atoms with Gasteiger partial charge in [0.05, 0.1) is 18.8 Å². The van der Waals surface area contributed by atoms with E-state index >= 15 is 0 Å². The molecule has 0 spiro atoms. The van der Waals surface area contributed by atoms with E-state index < -0.39 is 0 Å². The molecule has 0 aromatic heterocycles. The Hall–Kier alpha value is -1.13. The third-order valence-corrected chi connectivity index (χ3v) is 3.49. The fraction of sp³-hybridized carbons (Fsp3) is 0.571. The number of hydrogen-bond donors (Lipinski definition) is 1. The zero-order valence-corrected chi connectivity index (χ0v) is 10.7. The molecule has 0 saturated heterocycles. The van der Waals surface area contributed by atoms with E-state index in [1.54, 1.807) is 13.2 Å². The topological polar surface area (TPSA) is 44.5 Å². The van der Waals surface area contributed by atoms with Gasteiger partial charge in [-0.05, 0) is 43.9 Å². The van der Waals surface area contributed by atoms with Crippen LogP contribution < -0.4 is 5.73 Å². The SMILES string of the molecule is COC1CCCC(OCc2cc(F)ccc2N)C1. The first-order valence-corrected chi connectivity index (χ1v) is 6.37. The largest absolute Gasteiger partial charge is 0.398 e. The van der Waals surface area contributed by atoms with E-state index in [0.29, 0.717) is 12.3 Å². The standard InChI is InChI=1S/C14H20FNO2/c1-17-12-3-2-4-13(8-12)18-9-10-7-11(15)5-6-14(10)16/h5-7,12-13H,2-4,8-9,16H2,1H3. The van der Waals surface area contributed by atoms with E-state index in [-0.39, 0.29) is 18.0 Å². The minimum absolute atomic E-state index is 0.186. The first-order valence-electron chi connectivity index (χ1n) is 6.37. The maximum absolute atomic E-state index is 13.1. The minimum atomic E-state index is -0.277. The van der Waals surface area contributed by atoms with Gasteiger partial charge in [-0.2, -0.15) is 0 Å². The fourth-order valence-corrected chi connectivity index (χ4v) is 2.37. The lowest BCUT2D eigenvalue weighted by Gasteiger charge is -2.28. The molecular formula is C14H20FNO2. The number of halogens is 1. The Morgan fingerprint density at radius 2 is 2.11 bits per heavy atom. The van der Waals surface area contributed by atoms with Crippen LogP contribution >= 0.6 is 0 Å². The van der Waals surface area contributed by atoms with Crippen molar-refractivity contribution in [3.63, 3.8) is 0 Å². The summed E-state index contributed by atoms with van der Waals surface area (Å²) in [5.74, 6) is -0.277. The molecule has 2 N–H and O–H groups in total. The maximum atomic E-state index is 13.1. The van der Waals surface area contributed by atoms with Crippen LogP contribution in [0.15, 0.2) is 18.2 Å². The van der Waals surface area contributed by atoms with Gasteiger partial charge in [-0.25, -0.2) is 4.39 Å². The van der Waals surface area contributed by atoms with Crippen molar-refractivity contribution in [1.29, 1.82) is 0 Å². The number of nitrogens with two attached hydrogens (primary N) is 1. The first kappa shape index (κ1) is 13.3. The van der Waals surface area contributed by atoms with Crippen LogP contribution in [0, 0.1) is 5.82 Å². The average Bonchev–Trinajstić information content (AvgIpc) is 2.40. The molecule has 1 fully saturated rings. The van der Waals surface area contributed by atoms with E-state index in [4.69, 9.17) is 15.2 Å². The van der Waals surface area contributed by atoms with Gasteiger partial charge >= 0.3 is 0 Å². The molecular weight excluding hydrogens is 233 g/mol. The van der Waals surface area contributed by atoms with Crippen molar-refractivity contribution in [2.24, 2.45) is 0 Å². The molecule has 2 rings (SSSR count). The molecule has 0 amide bonds.